The van der Waals surface area contributed by atoms with E-state index in [4.69, 9.17) is 0 Å². The van der Waals surface area contributed by atoms with Crippen molar-refractivity contribution in [1.82, 2.24) is 4.48 Å². The summed E-state index contributed by atoms with van der Waals surface area (Å²) in [7, 11) is 0. The fourth-order valence-corrected chi connectivity index (χ4v) is 12.2. The molecule has 0 spiro atoms. The average molecular weight is 781 g/mol. The van der Waals surface area contributed by atoms with Crippen molar-refractivity contribution in [2.24, 2.45) is 0 Å². The highest BCUT2D eigenvalue weighted by Gasteiger charge is 2.51. The number of benzene rings is 9. The molecule has 0 aliphatic carbocycles. The van der Waals surface area contributed by atoms with Gasteiger partial charge in [0.2, 0.25) is 0 Å². The molecule has 0 saturated heterocycles. The Hall–Kier alpha value is -7.07. The molecular formula is C58H45BN2. The molecule has 10 aromatic rings. The topological polar surface area (TPSA) is 7.94 Å². The van der Waals surface area contributed by atoms with Gasteiger partial charge in [0.25, 0.3) is 0 Å². The molecule has 2 aliphatic rings. The minimum atomic E-state index is -2.08. The lowest BCUT2D eigenvalue weighted by atomic mass is 9.45. The van der Waals surface area contributed by atoms with Crippen molar-refractivity contribution in [3.63, 3.8) is 0 Å². The zero-order chi connectivity index (χ0) is 41.5. The summed E-state index contributed by atoms with van der Waals surface area (Å²) in [6.07, 6.45) is -0.189. The van der Waals surface area contributed by atoms with E-state index in [1.54, 1.807) is 0 Å². The van der Waals surface area contributed by atoms with Gasteiger partial charge in [-0.25, -0.2) is 0 Å². The van der Waals surface area contributed by atoms with Gasteiger partial charge >= 0.3 is 6.42 Å². The minimum Gasteiger partial charge on any atom is -0.435 e. The van der Waals surface area contributed by atoms with Crippen LogP contribution in [0.4, 0.5) is 0 Å². The van der Waals surface area contributed by atoms with Crippen molar-refractivity contribution in [3.8, 4) is 23.5 Å². The van der Waals surface area contributed by atoms with Crippen LogP contribution in [0.25, 0.3) is 81.0 Å². The molecule has 0 bridgehead atoms. The quantitative estimate of drug-likeness (QED) is 0.0714. The lowest BCUT2D eigenvalue weighted by Crippen LogP contribution is -2.57. The molecule has 0 radical (unpaired) electrons. The van der Waals surface area contributed by atoms with E-state index in [9.17, 15) is 0 Å². The Morgan fingerprint density at radius 1 is 0.492 bits per heavy atom. The molecule has 0 N–H and O–H groups in total. The van der Waals surface area contributed by atoms with Gasteiger partial charge in [0, 0.05) is 40.5 Å². The highest BCUT2D eigenvalue weighted by atomic mass is 15.2. The molecular weight excluding hydrogens is 735 g/mol. The van der Waals surface area contributed by atoms with Crippen molar-refractivity contribution in [2.75, 3.05) is 0 Å². The molecule has 0 amide bonds. The number of nitrogens with zero attached hydrogens (tertiary/aromatic N) is 2. The number of aromatic nitrogens is 1. The van der Waals surface area contributed by atoms with Crippen molar-refractivity contribution < 1.29 is 4.49 Å². The molecule has 61 heavy (non-hydrogen) atoms. The SMILES string of the molecule is CCC1=C(C)C2=C(C)c3c(C)c(CC)c(C)n3[B-](C#Cc3ccc4c5cccc6cccc(c7cccc3c74)c65)(C#Cc3ccc4ccc5cccc6ccc3c4c56)[N+]2=C1C. The molecule has 2 aliphatic heterocycles. The summed E-state index contributed by atoms with van der Waals surface area (Å²) in [5.41, 5.74) is 13.9. The van der Waals surface area contributed by atoms with Gasteiger partial charge in [-0.1, -0.05) is 123 Å². The van der Waals surface area contributed by atoms with Crippen LogP contribution in [-0.2, 0) is 6.42 Å². The van der Waals surface area contributed by atoms with E-state index in [-0.39, 0.29) is 0 Å². The lowest BCUT2D eigenvalue weighted by molar-refractivity contribution is -0.330. The Kier molecular flexibility index (Phi) is 7.48. The van der Waals surface area contributed by atoms with E-state index in [0.717, 1.165) is 24.0 Å². The summed E-state index contributed by atoms with van der Waals surface area (Å²) in [6, 6.07) is 44.9. The predicted octanol–water partition coefficient (Wildman–Crippen LogP) is 14.0. The second kappa shape index (κ2) is 12.7. The van der Waals surface area contributed by atoms with E-state index in [1.807, 2.05) is 0 Å². The normalized spacial score (nSPS) is 16.5. The average Bonchev–Trinajstić information content (AvgIpc) is 3.71. The first-order chi connectivity index (χ1) is 29.8. The van der Waals surface area contributed by atoms with Crippen LogP contribution in [0.2, 0.25) is 0 Å². The van der Waals surface area contributed by atoms with E-state index in [1.165, 1.54) is 126 Å². The lowest BCUT2D eigenvalue weighted by Gasteiger charge is -2.38. The Bertz CT molecular complexity index is 3780. The second-order valence-corrected chi connectivity index (χ2v) is 17.5. The molecule has 1 atom stereocenters. The minimum absolute atomic E-state index is 0.948. The molecule has 0 fully saturated rings. The molecule has 3 heteroatoms. The van der Waals surface area contributed by atoms with E-state index in [2.05, 4.69) is 202 Å². The number of hydrogen-bond donors (Lipinski definition) is 0. The molecule has 1 aromatic heterocycles. The Balaban J connectivity index is 1.19. The van der Waals surface area contributed by atoms with Crippen LogP contribution in [-0.4, -0.2) is 21.1 Å². The summed E-state index contributed by atoms with van der Waals surface area (Å²) < 4.78 is 5.14. The smallest absolute Gasteiger partial charge is 0.435 e. The van der Waals surface area contributed by atoms with Crippen LogP contribution >= 0.6 is 0 Å². The first kappa shape index (κ1) is 35.8. The van der Waals surface area contributed by atoms with Crippen LogP contribution in [0, 0.1) is 37.3 Å². The summed E-state index contributed by atoms with van der Waals surface area (Å²) in [4.78, 5) is 0. The van der Waals surface area contributed by atoms with Gasteiger partial charge in [0.1, 0.15) is 5.71 Å². The Morgan fingerprint density at radius 2 is 0.984 bits per heavy atom. The highest BCUT2D eigenvalue weighted by Crippen LogP contribution is 2.45. The van der Waals surface area contributed by atoms with Crippen molar-refractivity contribution in [3.05, 3.63) is 172 Å². The monoisotopic (exact) mass is 780 g/mol. The van der Waals surface area contributed by atoms with Gasteiger partial charge in [-0.3, -0.25) is 0 Å². The van der Waals surface area contributed by atoms with E-state index in [0.29, 0.717) is 0 Å². The summed E-state index contributed by atoms with van der Waals surface area (Å²) in [5.74, 6) is 16.1. The maximum absolute atomic E-state index is 4.12. The first-order valence-corrected chi connectivity index (χ1v) is 22.0. The Morgan fingerprint density at radius 3 is 1.64 bits per heavy atom. The van der Waals surface area contributed by atoms with Crippen molar-refractivity contribution in [2.45, 2.75) is 61.3 Å². The maximum atomic E-state index is 4.12. The zero-order valence-corrected chi connectivity index (χ0v) is 35.9. The van der Waals surface area contributed by atoms with Gasteiger partial charge in [-0.05, 0) is 145 Å². The molecule has 290 valence electrons. The van der Waals surface area contributed by atoms with Gasteiger partial charge in [-0.15, -0.1) is 11.8 Å². The number of hydrogen-bond acceptors (Lipinski definition) is 0. The summed E-state index contributed by atoms with van der Waals surface area (Å²) in [6.45, 7) is 16.1. The molecule has 12 rings (SSSR count). The molecule has 0 saturated carbocycles. The van der Waals surface area contributed by atoms with E-state index < -0.39 is 6.42 Å². The van der Waals surface area contributed by atoms with Crippen LogP contribution in [0.3, 0.4) is 0 Å². The van der Waals surface area contributed by atoms with Gasteiger partial charge < -0.3 is 8.96 Å². The molecule has 2 nitrogen and oxygen atoms in total. The zero-order valence-electron chi connectivity index (χ0n) is 35.9. The molecule has 1 unspecified atom stereocenters. The van der Waals surface area contributed by atoms with Crippen molar-refractivity contribution in [1.29, 1.82) is 0 Å². The number of fused-ring (bicyclic) bond motifs is 4. The predicted molar refractivity (Wildman–Crippen MR) is 263 cm³/mol. The molecule has 3 heterocycles. The van der Waals surface area contributed by atoms with Crippen LogP contribution in [0.15, 0.2) is 138 Å². The van der Waals surface area contributed by atoms with Gasteiger partial charge in [-0.2, -0.15) is 11.6 Å². The fraction of sp³-hybridized carbons (Fsp3) is 0.155. The number of rotatable bonds is 2. The summed E-state index contributed by atoms with van der Waals surface area (Å²) >= 11 is 0. The fourth-order valence-electron chi connectivity index (χ4n) is 12.2. The van der Waals surface area contributed by atoms with Crippen LogP contribution in [0.1, 0.15) is 74.7 Å². The Labute approximate surface area is 357 Å². The van der Waals surface area contributed by atoms with Crippen LogP contribution in [0.5, 0.6) is 0 Å². The highest BCUT2D eigenvalue weighted by molar-refractivity contribution is 6.87. The molecule has 9 aromatic carbocycles. The van der Waals surface area contributed by atoms with Crippen molar-refractivity contribution >= 4 is 93.1 Å². The van der Waals surface area contributed by atoms with E-state index >= 15 is 0 Å². The third kappa shape index (κ3) is 4.59. The maximum Gasteiger partial charge on any atom is 0.520 e. The third-order valence-corrected chi connectivity index (χ3v) is 14.7. The van der Waals surface area contributed by atoms with Crippen LogP contribution < -0.4 is 0 Å². The largest absolute Gasteiger partial charge is 0.520 e. The van der Waals surface area contributed by atoms with Gasteiger partial charge in [0.05, 0.1) is 0 Å². The number of allylic oxidation sites excluding steroid dienone is 3. The first-order valence-electron chi connectivity index (χ1n) is 22.0. The standard InChI is InChI=1S/C58H45BN2/c1-8-45-34(3)57-36(5)58-35(4)46(9-2)38(7)61(58)59(60(57)37(45)6,32-30-39-22-23-44-25-24-42-14-10-15-43-27-28-48(39)55(44)53(42)43)33-31-40-26-29-52-50-20-12-17-41-16-11-19-49(54(41)50)51-21-13-18-47(40)56(51)52/h10-29H,8-9H2,1-7H3. The third-order valence-electron chi connectivity index (χ3n) is 14.7. The van der Waals surface area contributed by atoms with Gasteiger partial charge in [0.15, 0.2) is 5.70 Å². The summed E-state index contributed by atoms with van der Waals surface area (Å²) in [5, 5.41) is 17.7. The second-order valence-electron chi connectivity index (χ2n) is 17.5.